The third-order valence-electron chi connectivity index (χ3n) is 4.32. The lowest BCUT2D eigenvalue weighted by Crippen LogP contribution is -2.21. The minimum atomic E-state index is -4.92. The molecule has 0 saturated carbocycles. The number of nitrogens with zero attached hydrogens (tertiary/aromatic N) is 2. The molecule has 1 heterocycles. The molecule has 0 aliphatic carbocycles. The highest BCUT2D eigenvalue weighted by Crippen LogP contribution is 2.35. The second-order valence-corrected chi connectivity index (χ2v) is 9.45. The zero-order valence-electron chi connectivity index (χ0n) is 17.0. The van der Waals surface area contributed by atoms with Crippen molar-refractivity contribution in [3.8, 4) is 11.6 Å². The summed E-state index contributed by atoms with van der Waals surface area (Å²) in [7, 11) is -3.12. The van der Waals surface area contributed by atoms with Gasteiger partial charge < -0.3 is 10.1 Å². The van der Waals surface area contributed by atoms with Gasteiger partial charge in [-0.25, -0.2) is 13.4 Å². The quantitative estimate of drug-likeness (QED) is 0.437. The van der Waals surface area contributed by atoms with E-state index >= 15 is 0 Å². The van der Waals surface area contributed by atoms with Crippen LogP contribution < -0.4 is 10.1 Å². The summed E-state index contributed by atoms with van der Waals surface area (Å²) in [5.41, 5.74) is -2.60. The summed E-state index contributed by atoms with van der Waals surface area (Å²) >= 11 is 5.69. The second-order valence-electron chi connectivity index (χ2n) is 6.85. The number of hydrogen-bond donors (Lipinski definition) is 2. The van der Waals surface area contributed by atoms with Gasteiger partial charge in [0.25, 0.3) is 11.8 Å². The van der Waals surface area contributed by atoms with Crippen LogP contribution in [-0.2, 0) is 15.9 Å². The van der Waals surface area contributed by atoms with Crippen molar-refractivity contribution in [3.05, 3.63) is 70.1 Å². The highest BCUT2D eigenvalue weighted by Gasteiger charge is 2.38. The Labute approximate surface area is 190 Å². The number of benzene rings is 2. The first-order valence-electron chi connectivity index (χ1n) is 9.00. The zero-order chi connectivity index (χ0) is 24.6. The zero-order valence-corrected chi connectivity index (χ0v) is 18.5. The van der Waals surface area contributed by atoms with Gasteiger partial charge in [-0.05, 0) is 48.9 Å². The number of hydrogen-bond acceptors (Lipinski definition) is 6. The van der Waals surface area contributed by atoms with E-state index in [9.17, 15) is 26.6 Å². The van der Waals surface area contributed by atoms with E-state index in [0.29, 0.717) is 0 Å². The monoisotopic (exact) mass is 502 g/mol. The molecule has 33 heavy (non-hydrogen) atoms. The average Bonchev–Trinajstić information content (AvgIpc) is 2.68. The largest absolute Gasteiger partial charge is 0.435 e. The van der Waals surface area contributed by atoms with Crippen molar-refractivity contribution in [2.75, 3.05) is 11.6 Å². The molecule has 3 rings (SSSR count). The van der Waals surface area contributed by atoms with E-state index in [0.717, 1.165) is 19.1 Å². The van der Waals surface area contributed by atoms with Gasteiger partial charge in [0.1, 0.15) is 5.56 Å². The first kappa shape index (κ1) is 24.4. The maximum absolute atomic E-state index is 14.2. The number of rotatable bonds is 5. The van der Waals surface area contributed by atoms with Crippen molar-refractivity contribution in [1.29, 1.82) is 4.78 Å². The highest BCUT2D eigenvalue weighted by molar-refractivity contribution is 7.91. The Morgan fingerprint density at radius 2 is 1.88 bits per heavy atom. The van der Waals surface area contributed by atoms with Gasteiger partial charge in [-0.15, -0.1) is 10.2 Å². The van der Waals surface area contributed by atoms with Crippen LogP contribution in [0.2, 0.25) is 5.02 Å². The maximum Gasteiger partial charge on any atom is 0.435 e. The lowest BCUT2D eigenvalue weighted by molar-refractivity contribution is -0.142. The second kappa shape index (κ2) is 8.94. The van der Waals surface area contributed by atoms with Crippen LogP contribution in [0, 0.1) is 17.5 Å². The number of anilines is 1. The molecule has 0 aliphatic heterocycles. The van der Waals surface area contributed by atoms with E-state index in [1.165, 1.54) is 36.6 Å². The van der Waals surface area contributed by atoms with E-state index in [4.69, 9.17) is 21.1 Å². The number of aromatic nitrogens is 2. The molecular formula is C20H15ClF4N4O3S. The predicted molar refractivity (Wildman–Crippen MR) is 113 cm³/mol. The fraction of sp³-hybridized carbons (Fsp3) is 0.150. The molecule has 0 saturated heterocycles. The van der Waals surface area contributed by atoms with Gasteiger partial charge >= 0.3 is 6.18 Å². The molecule has 1 atom stereocenters. The summed E-state index contributed by atoms with van der Waals surface area (Å²) in [4.78, 5) is 13.1. The molecule has 13 heteroatoms. The summed E-state index contributed by atoms with van der Waals surface area (Å²) in [5, 5.41) is 8.87. The Hall–Kier alpha value is -3.25. The Balaban J connectivity index is 2.08. The Morgan fingerprint density at radius 1 is 1.18 bits per heavy atom. The van der Waals surface area contributed by atoms with Crippen molar-refractivity contribution in [2.24, 2.45) is 0 Å². The lowest BCUT2D eigenvalue weighted by atomic mass is 10.1. The van der Waals surface area contributed by atoms with Crippen molar-refractivity contribution in [3.63, 3.8) is 0 Å². The van der Waals surface area contributed by atoms with Gasteiger partial charge in [-0.3, -0.25) is 4.79 Å². The topological polar surface area (TPSA) is 105 Å². The molecule has 3 aromatic rings. The van der Waals surface area contributed by atoms with Crippen molar-refractivity contribution in [1.82, 2.24) is 10.2 Å². The van der Waals surface area contributed by atoms with Gasteiger partial charge in [0.2, 0.25) is 0 Å². The predicted octanol–water partition coefficient (Wildman–Crippen LogP) is 5.68. The molecular weight excluding hydrogens is 488 g/mol. The molecule has 1 aromatic heterocycles. The normalized spacial score (nSPS) is 13.3. The van der Waals surface area contributed by atoms with Gasteiger partial charge in [0.05, 0.1) is 9.73 Å². The van der Waals surface area contributed by atoms with Gasteiger partial charge in [0.15, 0.2) is 17.3 Å². The Bertz CT molecular complexity index is 1350. The first-order valence-corrected chi connectivity index (χ1v) is 11.3. The highest BCUT2D eigenvalue weighted by atomic mass is 35.5. The molecule has 0 spiro atoms. The minimum absolute atomic E-state index is 0.0503. The number of nitrogens with one attached hydrogen (secondary N) is 2. The molecule has 7 nitrogen and oxygen atoms in total. The number of carbonyl (C=O) groups excluding carboxylic acids is 1. The van der Waals surface area contributed by atoms with Crippen LogP contribution in [-0.4, -0.2) is 26.6 Å². The summed E-state index contributed by atoms with van der Waals surface area (Å²) < 4.78 is 79.1. The average molecular weight is 503 g/mol. The van der Waals surface area contributed by atoms with Gasteiger partial charge in [-0.1, -0.05) is 17.7 Å². The molecule has 0 fully saturated rings. The molecule has 0 radical (unpaired) electrons. The van der Waals surface area contributed by atoms with E-state index in [1.807, 2.05) is 0 Å². The third kappa shape index (κ3) is 5.57. The molecule has 2 N–H and O–H groups in total. The van der Waals surface area contributed by atoms with Crippen molar-refractivity contribution < 1.29 is 31.3 Å². The fourth-order valence-corrected chi connectivity index (χ4v) is 3.63. The number of halogens is 5. The standard InChI is InChI=1S/C20H15ClF4N4O3S/c1-10-16(18(30)27-12-4-3-5-13(9-12)33(2,26)31)19(29-28-17(10)20(23,24)25)32-15-7-6-11(21)8-14(15)22/h3-9,26H,1-2H3,(H,27,30)/t33-/m1/s1. The lowest BCUT2D eigenvalue weighted by Gasteiger charge is -2.16. The van der Waals surface area contributed by atoms with Gasteiger partial charge in [0, 0.05) is 21.9 Å². The van der Waals surface area contributed by atoms with Crippen LogP contribution in [0.4, 0.5) is 23.2 Å². The summed E-state index contributed by atoms with van der Waals surface area (Å²) in [6.07, 6.45) is -3.75. The van der Waals surface area contributed by atoms with Crippen LogP contribution >= 0.6 is 11.6 Å². The minimum Gasteiger partial charge on any atom is -0.434 e. The molecule has 0 unspecified atom stereocenters. The number of amides is 1. The Morgan fingerprint density at radius 3 is 2.48 bits per heavy atom. The maximum atomic E-state index is 14.2. The van der Waals surface area contributed by atoms with Crippen LogP contribution in [0.1, 0.15) is 21.6 Å². The summed E-state index contributed by atoms with van der Waals surface area (Å²) in [6, 6.07) is 8.77. The molecule has 2 aromatic carbocycles. The SMILES string of the molecule is Cc1c(C(F)(F)F)nnc(Oc2ccc(Cl)cc2F)c1C(=O)Nc1cccc([S@](C)(=N)=O)c1. The van der Waals surface area contributed by atoms with Crippen molar-refractivity contribution >= 4 is 32.9 Å². The number of ether oxygens (including phenoxy) is 1. The fourth-order valence-electron chi connectivity index (χ4n) is 2.78. The van der Waals surface area contributed by atoms with Crippen molar-refractivity contribution in [2.45, 2.75) is 18.0 Å². The van der Waals surface area contributed by atoms with E-state index in [-0.39, 0.29) is 15.6 Å². The third-order valence-corrected chi connectivity index (χ3v) is 5.71. The molecule has 174 valence electrons. The number of carbonyl (C=O) groups is 1. The smallest absolute Gasteiger partial charge is 0.434 e. The van der Waals surface area contributed by atoms with E-state index in [2.05, 4.69) is 15.5 Å². The van der Waals surface area contributed by atoms with Crippen LogP contribution in [0.5, 0.6) is 11.6 Å². The summed E-state index contributed by atoms with van der Waals surface area (Å²) in [5.74, 6) is -3.12. The summed E-state index contributed by atoms with van der Waals surface area (Å²) in [6.45, 7) is 0.997. The molecule has 0 aliphatic rings. The number of alkyl halides is 3. The Kier molecular flexibility index (Phi) is 6.61. The van der Waals surface area contributed by atoms with E-state index in [1.54, 1.807) is 0 Å². The van der Waals surface area contributed by atoms with Crippen LogP contribution in [0.15, 0.2) is 47.4 Å². The van der Waals surface area contributed by atoms with Gasteiger partial charge in [-0.2, -0.15) is 13.2 Å². The van der Waals surface area contributed by atoms with E-state index < -0.39 is 56.1 Å². The molecule has 1 amide bonds. The first-order chi connectivity index (χ1) is 15.3. The molecule has 0 bridgehead atoms. The van der Waals surface area contributed by atoms with Crippen LogP contribution in [0.3, 0.4) is 0 Å². The van der Waals surface area contributed by atoms with Crippen LogP contribution in [0.25, 0.3) is 0 Å².